The first-order valence-corrected chi connectivity index (χ1v) is 6.58. The molecule has 4 nitrogen and oxygen atoms in total. The lowest BCUT2D eigenvalue weighted by molar-refractivity contribution is -0.136. The van der Waals surface area contributed by atoms with Crippen LogP contribution >= 0.6 is 0 Å². The zero-order chi connectivity index (χ0) is 13.0. The Balaban J connectivity index is 1.96. The topological polar surface area (TPSA) is 59.2 Å². The molecule has 0 bridgehead atoms. The predicted octanol–water partition coefficient (Wildman–Crippen LogP) is 1.56. The van der Waals surface area contributed by atoms with Gasteiger partial charge in [-0.05, 0) is 24.5 Å². The van der Waals surface area contributed by atoms with Crippen molar-refractivity contribution in [2.24, 2.45) is 11.7 Å². The Bertz CT molecular complexity index is 393. The van der Waals surface area contributed by atoms with E-state index in [0.29, 0.717) is 6.54 Å². The van der Waals surface area contributed by atoms with Crippen molar-refractivity contribution in [3.05, 3.63) is 30.1 Å². The first-order valence-electron chi connectivity index (χ1n) is 6.58. The van der Waals surface area contributed by atoms with Crippen molar-refractivity contribution in [3.8, 4) is 0 Å². The molecule has 1 aromatic rings. The lowest BCUT2D eigenvalue weighted by atomic mass is 9.84. The van der Waals surface area contributed by atoms with Crippen molar-refractivity contribution in [2.45, 2.75) is 38.3 Å². The van der Waals surface area contributed by atoms with Crippen LogP contribution in [0.1, 0.15) is 31.2 Å². The minimum absolute atomic E-state index is 0.000390. The summed E-state index contributed by atoms with van der Waals surface area (Å²) in [7, 11) is 1.84. The smallest absolute Gasteiger partial charge is 0.227 e. The fourth-order valence-electron chi connectivity index (χ4n) is 2.59. The first-order chi connectivity index (χ1) is 8.68. The van der Waals surface area contributed by atoms with Crippen LogP contribution in [0.3, 0.4) is 0 Å². The van der Waals surface area contributed by atoms with Crippen LogP contribution in [0.25, 0.3) is 0 Å². The highest BCUT2D eigenvalue weighted by atomic mass is 16.2. The highest BCUT2D eigenvalue weighted by Gasteiger charge is 2.30. The van der Waals surface area contributed by atoms with E-state index in [2.05, 4.69) is 4.98 Å². The van der Waals surface area contributed by atoms with E-state index in [1.165, 1.54) is 0 Å². The number of hydrogen-bond acceptors (Lipinski definition) is 3. The summed E-state index contributed by atoms with van der Waals surface area (Å²) in [6.07, 6.45) is 7.70. The number of pyridine rings is 1. The van der Waals surface area contributed by atoms with Crippen LogP contribution in [0, 0.1) is 5.92 Å². The first kappa shape index (κ1) is 13.0. The van der Waals surface area contributed by atoms with Crippen LogP contribution in [0.2, 0.25) is 0 Å². The third-order valence-electron chi connectivity index (χ3n) is 3.66. The van der Waals surface area contributed by atoms with Gasteiger partial charge in [0.05, 0.1) is 5.92 Å². The molecule has 0 spiro atoms. The third-order valence-corrected chi connectivity index (χ3v) is 3.66. The Morgan fingerprint density at radius 3 is 2.94 bits per heavy atom. The summed E-state index contributed by atoms with van der Waals surface area (Å²) >= 11 is 0. The summed E-state index contributed by atoms with van der Waals surface area (Å²) in [6.45, 7) is 0.607. The van der Waals surface area contributed by atoms with Crippen molar-refractivity contribution < 1.29 is 4.79 Å². The van der Waals surface area contributed by atoms with E-state index >= 15 is 0 Å². The number of rotatable bonds is 3. The van der Waals surface area contributed by atoms with Gasteiger partial charge in [0, 0.05) is 32.0 Å². The van der Waals surface area contributed by atoms with Gasteiger partial charge in [-0.3, -0.25) is 9.78 Å². The Hall–Kier alpha value is -1.42. The third kappa shape index (κ3) is 3.07. The lowest BCUT2D eigenvalue weighted by Crippen LogP contribution is -2.44. The summed E-state index contributed by atoms with van der Waals surface area (Å²) in [6, 6.07) is 3.90. The van der Waals surface area contributed by atoms with Crippen molar-refractivity contribution in [3.63, 3.8) is 0 Å². The van der Waals surface area contributed by atoms with Crippen LogP contribution in [0.4, 0.5) is 0 Å². The molecule has 1 aliphatic rings. The van der Waals surface area contributed by atoms with Gasteiger partial charge in [-0.15, -0.1) is 0 Å². The summed E-state index contributed by atoms with van der Waals surface area (Å²) in [5.41, 5.74) is 7.10. The minimum atomic E-state index is 0.000390. The van der Waals surface area contributed by atoms with Gasteiger partial charge in [-0.1, -0.05) is 18.9 Å². The summed E-state index contributed by atoms with van der Waals surface area (Å²) < 4.78 is 0. The molecule has 1 fully saturated rings. The second-order valence-corrected chi connectivity index (χ2v) is 5.11. The maximum Gasteiger partial charge on any atom is 0.227 e. The highest BCUT2D eigenvalue weighted by Crippen LogP contribution is 2.24. The fraction of sp³-hybridized carbons (Fsp3) is 0.571. The van der Waals surface area contributed by atoms with Gasteiger partial charge in [0.2, 0.25) is 5.91 Å². The summed E-state index contributed by atoms with van der Waals surface area (Å²) in [5.74, 6) is 0.173. The molecule has 2 N–H and O–H groups in total. The Morgan fingerprint density at radius 2 is 2.28 bits per heavy atom. The zero-order valence-corrected chi connectivity index (χ0v) is 10.9. The zero-order valence-electron chi connectivity index (χ0n) is 10.9. The molecule has 2 rings (SSSR count). The van der Waals surface area contributed by atoms with E-state index in [1.807, 2.05) is 19.2 Å². The van der Waals surface area contributed by atoms with Crippen molar-refractivity contribution >= 4 is 5.91 Å². The number of nitrogens with zero attached hydrogens (tertiary/aromatic N) is 2. The van der Waals surface area contributed by atoms with E-state index in [-0.39, 0.29) is 17.9 Å². The van der Waals surface area contributed by atoms with Gasteiger partial charge in [0.25, 0.3) is 0 Å². The Kier molecular flexibility index (Phi) is 4.31. The Morgan fingerprint density at radius 1 is 1.50 bits per heavy atom. The molecule has 2 atom stereocenters. The molecule has 1 aliphatic carbocycles. The molecular formula is C14H21N3O. The van der Waals surface area contributed by atoms with Crippen molar-refractivity contribution in [2.75, 3.05) is 7.05 Å². The second-order valence-electron chi connectivity index (χ2n) is 5.11. The molecule has 18 heavy (non-hydrogen) atoms. The average Bonchev–Trinajstić information content (AvgIpc) is 2.39. The van der Waals surface area contributed by atoms with Gasteiger partial charge in [-0.25, -0.2) is 0 Å². The van der Waals surface area contributed by atoms with Gasteiger partial charge >= 0.3 is 0 Å². The molecule has 1 aromatic heterocycles. The predicted molar refractivity (Wildman–Crippen MR) is 70.6 cm³/mol. The number of carbonyl (C=O) groups is 1. The largest absolute Gasteiger partial charge is 0.341 e. The molecular weight excluding hydrogens is 226 g/mol. The second kappa shape index (κ2) is 5.96. The fourth-order valence-corrected chi connectivity index (χ4v) is 2.59. The average molecular weight is 247 g/mol. The van der Waals surface area contributed by atoms with E-state index in [4.69, 9.17) is 5.73 Å². The Labute approximate surface area is 108 Å². The van der Waals surface area contributed by atoms with E-state index in [1.54, 1.807) is 17.3 Å². The maximum absolute atomic E-state index is 12.3. The van der Waals surface area contributed by atoms with E-state index in [9.17, 15) is 4.79 Å². The molecule has 2 unspecified atom stereocenters. The molecule has 0 saturated heterocycles. The molecule has 0 aromatic carbocycles. The molecule has 0 radical (unpaired) electrons. The minimum Gasteiger partial charge on any atom is -0.341 e. The van der Waals surface area contributed by atoms with E-state index in [0.717, 1.165) is 31.2 Å². The van der Waals surface area contributed by atoms with E-state index < -0.39 is 0 Å². The van der Waals surface area contributed by atoms with Crippen LogP contribution in [0.5, 0.6) is 0 Å². The monoisotopic (exact) mass is 247 g/mol. The van der Waals surface area contributed by atoms with Crippen molar-refractivity contribution in [1.29, 1.82) is 0 Å². The lowest BCUT2D eigenvalue weighted by Gasteiger charge is -2.31. The normalized spacial score (nSPS) is 23.7. The number of aromatic nitrogens is 1. The van der Waals surface area contributed by atoms with Crippen LogP contribution in [-0.2, 0) is 11.3 Å². The number of hydrogen-bond donors (Lipinski definition) is 1. The van der Waals surface area contributed by atoms with Crippen LogP contribution < -0.4 is 5.73 Å². The summed E-state index contributed by atoms with van der Waals surface area (Å²) in [4.78, 5) is 18.2. The van der Waals surface area contributed by atoms with Gasteiger partial charge in [0.1, 0.15) is 0 Å². The molecule has 4 heteroatoms. The quantitative estimate of drug-likeness (QED) is 0.881. The molecule has 0 aliphatic heterocycles. The van der Waals surface area contributed by atoms with Crippen LogP contribution in [-0.4, -0.2) is 28.9 Å². The number of amides is 1. The highest BCUT2D eigenvalue weighted by molar-refractivity contribution is 5.79. The molecule has 98 valence electrons. The standard InChI is InChI=1S/C14H21N3O/c1-17(10-11-5-4-8-16-9-11)14(18)12-6-2-3-7-13(12)15/h4-5,8-9,12-13H,2-3,6-7,10,15H2,1H3. The van der Waals surface area contributed by atoms with Crippen molar-refractivity contribution in [1.82, 2.24) is 9.88 Å². The number of carbonyl (C=O) groups excluding carboxylic acids is 1. The van der Waals surface area contributed by atoms with Crippen LogP contribution in [0.15, 0.2) is 24.5 Å². The number of nitrogens with two attached hydrogens (primary N) is 1. The molecule has 1 saturated carbocycles. The SMILES string of the molecule is CN(Cc1cccnc1)C(=O)C1CCCCC1N. The maximum atomic E-state index is 12.3. The molecule has 1 amide bonds. The summed E-state index contributed by atoms with van der Waals surface area (Å²) in [5, 5.41) is 0. The molecule has 1 heterocycles. The van der Waals surface area contributed by atoms with Gasteiger partial charge in [0.15, 0.2) is 0 Å². The van der Waals surface area contributed by atoms with Gasteiger partial charge in [-0.2, -0.15) is 0 Å². The van der Waals surface area contributed by atoms with Gasteiger partial charge < -0.3 is 10.6 Å².